The number of phosphoric acid groups is 1. The number of fused-ring (bicyclic) bond motifs is 1. The van der Waals surface area contributed by atoms with E-state index in [-0.39, 0.29) is 0 Å². The highest BCUT2D eigenvalue weighted by Gasteiger charge is 2.66. The lowest BCUT2D eigenvalue weighted by atomic mass is 9.71. The molecule has 2 fully saturated rings. The number of halogens is 12. The van der Waals surface area contributed by atoms with Gasteiger partial charge in [-0.2, -0.15) is 52.7 Å². The molecule has 0 aromatic heterocycles. The van der Waals surface area contributed by atoms with Gasteiger partial charge in [0.1, 0.15) is 19.0 Å². The largest absolute Gasteiger partial charge is 0.474 e. The molecule has 278 valence electrons. The van der Waals surface area contributed by atoms with E-state index in [1.807, 2.05) is 0 Å². The molecule has 0 bridgehead atoms. The lowest BCUT2D eigenvalue weighted by molar-refractivity contribution is -0.138. The fraction of sp³-hybridized carbons (Fsp3) is 0.273. The van der Waals surface area contributed by atoms with Crippen LogP contribution in [-0.2, 0) is 59.0 Å². The Morgan fingerprint density at radius 3 is 0.865 bits per heavy atom. The second-order valence-corrected chi connectivity index (χ2v) is 13.0. The van der Waals surface area contributed by atoms with E-state index in [4.69, 9.17) is 18.5 Å². The summed E-state index contributed by atoms with van der Waals surface area (Å²) in [5.74, 6) is 0. The SMILES string of the molecule is O=P1(O)OC(c2ccc(C(F)(F)F)cc2)(c2ccc(C(F)(F)F)cc2)[C@@H]2OCO[C@H]2C(c2ccc(C(F)(F)F)cc2)(c2ccc(C(F)(F)F)cc2)O1. The van der Waals surface area contributed by atoms with Crippen LogP contribution in [-0.4, -0.2) is 23.9 Å². The molecule has 0 radical (unpaired) electrons. The van der Waals surface area contributed by atoms with Crippen molar-refractivity contribution in [2.75, 3.05) is 6.79 Å². The number of phosphoric ester groups is 1. The van der Waals surface area contributed by atoms with Crippen molar-refractivity contribution in [2.24, 2.45) is 0 Å². The third-order valence-corrected chi connectivity index (χ3v) is 9.69. The summed E-state index contributed by atoms with van der Waals surface area (Å²) in [4.78, 5) is 11.4. The Bertz CT molecular complexity index is 1700. The number of rotatable bonds is 4. The van der Waals surface area contributed by atoms with Crippen molar-refractivity contribution >= 4 is 7.82 Å². The summed E-state index contributed by atoms with van der Waals surface area (Å²) in [6.07, 6.45) is -23.4. The molecule has 2 saturated heterocycles. The highest BCUT2D eigenvalue weighted by Crippen LogP contribution is 2.65. The van der Waals surface area contributed by atoms with Gasteiger partial charge in [0, 0.05) is 0 Å². The molecule has 0 unspecified atom stereocenters. The minimum absolute atomic E-state index is 0.408. The maximum atomic E-state index is 14.2. The zero-order valence-electron chi connectivity index (χ0n) is 25.6. The Labute approximate surface area is 285 Å². The fourth-order valence-corrected chi connectivity index (χ4v) is 7.73. The summed E-state index contributed by atoms with van der Waals surface area (Å²) in [7, 11) is -5.82. The van der Waals surface area contributed by atoms with Crippen LogP contribution in [0.4, 0.5) is 52.7 Å². The first-order chi connectivity index (χ1) is 24.0. The lowest BCUT2D eigenvalue weighted by Gasteiger charge is -2.41. The Kier molecular flexibility index (Phi) is 9.16. The van der Waals surface area contributed by atoms with E-state index in [0.29, 0.717) is 48.5 Å². The van der Waals surface area contributed by atoms with Gasteiger partial charge in [0.25, 0.3) is 0 Å². The van der Waals surface area contributed by atoms with Crippen molar-refractivity contribution in [2.45, 2.75) is 48.1 Å². The topological polar surface area (TPSA) is 74.2 Å². The zero-order chi connectivity index (χ0) is 38.1. The van der Waals surface area contributed by atoms with Gasteiger partial charge in [0.2, 0.25) is 0 Å². The minimum atomic E-state index is -5.82. The van der Waals surface area contributed by atoms with Crippen LogP contribution >= 0.6 is 7.82 Å². The molecule has 4 aromatic carbocycles. The van der Waals surface area contributed by atoms with Crippen LogP contribution in [0.1, 0.15) is 44.5 Å². The van der Waals surface area contributed by atoms with Gasteiger partial charge in [0.05, 0.1) is 22.3 Å². The Balaban J connectivity index is 1.66. The summed E-state index contributed by atoms with van der Waals surface area (Å²) < 4.78 is 200. The standard InChI is InChI=1S/C33H21F12O6P/c34-30(35,36)22-9-1-18(2-10-22)28(19-3-11-23(12-4-19)31(37,38)39)26-27(49-17-48-26)29(51-52(46,47)50-28,20-5-13-24(14-6-20)32(40,41)42)21-7-15-25(16-8-21)33(43,44)45/h1-16,26-27H,17H2,(H,46,47)/t26-,27-/m1/s1. The second-order valence-electron chi connectivity index (χ2n) is 11.7. The predicted molar refractivity (Wildman–Crippen MR) is 154 cm³/mol. The van der Waals surface area contributed by atoms with Gasteiger partial charge < -0.3 is 14.4 Å². The molecule has 2 heterocycles. The number of benzene rings is 4. The molecule has 4 aromatic rings. The van der Waals surface area contributed by atoms with Gasteiger partial charge in [-0.1, -0.05) is 48.5 Å². The normalized spacial score (nSPS) is 21.7. The number of ether oxygens (including phenoxy) is 2. The zero-order valence-corrected chi connectivity index (χ0v) is 26.5. The fourth-order valence-electron chi connectivity index (χ4n) is 6.34. The number of alkyl halides is 12. The average molecular weight is 772 g/mol. The average Bonchev–Trinajstić information content (AvgIpc) is 3.53. The first-order valence-electron chi connectivity index (χ1n) is 14.7. The Morgan fingerprint density at radius 2 is 0.673 bits per heavy atom. The molecular weight excluding hydrogens is 751 g/mol. The van der Waals surface area contributed by atoms with Crippen molar-refractivity contribution in [1.82, 2.24) is 0 Å². The summed E-state index contributed by atoms with van der Waals surface area (Å²) >= 11 is 0. The molecule has 19 heteroatoms. The summed E-state index contributed by atoms with van der Waals surface area (Å²) in [5.41, 5.74) is -11.8. The molecule has 1 N–H and O–H groups in total. The number of hydrogen-bond donors (Lipinski definition) is 1. The highest BCUT2D eigenvalue weighted by atomic mass is 31.2. The van der Waals surface area contributed by atoms with Crippen molar-refractivity contribution in [3.63, 3.8) is 0 Å². The summed E-state index contributed by atoms with van der Waals surface area (Å²) in [5, 5.41) is 0. The van der Waals surface area contributed by atoms with E-state index < -0.39 is 107 Å². The van der Waals surface area contributed by atoms with Crippen molar-refractivity contribution in [3.05, 3.63) is 142 Å². The van der Waals surface area contributed by atoms with E-state index in [1.165, 1.54) is 0 Å². The maximum Gasteiger partial charge on any atom is 0.474 e. The molecule has 52 heavy (non-hydrogen) atoms. The highest BCUT2D eigenvalue weighted by molar-refractivity contribution is 7.47. The van der Waals surface area contributed by atoms with Gasteiger partial charge in [-0.25, -0.2) is 4.57 Å². The van der Waals surface area contributed by atoms with Crippen LogP contribution in [0.5, 0.6) is 0 Å². The van der Waals surface area contributed by atoms with E-state index in [1.54, 1.807) is 0 Å². The van der Waals surface area contributed by atoms with Gasteiger partial charge in [-0.3, -0.25) is 9.05 Å². The first kappa shape index (κ1) is 37.8. The molecule has 2 atom stereocenters. The van der Waals surface area contributed by atoms with Gasteiger partial charge in [-0.05, 0) is 70.8 Å². The van der Waals surface area contributed by atoms with E-state index in [2.05, 4.69) is 0 Å². The molecule has 0 amide bonds. The quantitative estimate of drug-likeness (QED) is 0.165. The molecule has 6 rings (SSSR count). The third-order valence-electron chi connectivity index (χ3n) is 8.65. The van der Waals surface area contributed by atoms with Gasteiger partial charge in [-0.15, -0.1) is 0 Å². The molecule has 6 nitrogen and oxygen atoms in total. The molecular formula is C33H21F12O6P. The lowest BCUT2D eigenvalue weighted by Crippen LogP contribution is -2.53. The number of hydrogen-bond acceptors (Lipinski definition) is 5. The van der Waals surface area contributed by atoms with Crippen LogP contribution in [0.2, 0.25) is 0 Å². The molecule has 2 aliphatic rings. The Morgan fingerprint density at radius 1 is 0.462 bits per heavy atom. The minimum Gasteiger partial charge on any atom is -0.346 e. The molecule has 0 spiro atoms. The monoisotopic (exact) mass is 772 g/mol. The predicted octanol–water partition coefficient (Wildman–Crippen LogP) is 9.84. The van der Waals surface area contributed by atoms with Gasteiger partial charge in [0.15, 0.2) is 11.2 Å². The van der Waals surface area contributed by atoms with Crippen LogP contribution in [0.3, 0.4) is 0 Å². The third kappa shape index (κ3) is 6.71. The van der Waals surface area contributed by atoms with Crippen LogP contribution < -0.4 is 0 Å². The molecule has 0 aliphatic carbocycles. The Hall–Kier alpha value is -3.93. The second kappa shape index (κ2) is 12.6. The summed E-state index contributed by atoms with van der Waals surface area (Å²) in [6.45, 7) is -0.774. The smallest absolute Gasteiger partial charge is 0.346 e. The van der Waals surface area contributed by atoms with Gasteiger partial charge >= 0.3 is 32.5 Å². The maximum absolute atomic E-state index is 14.2. The van der Waals surface area contributed by atoms with Crippen LogP contribution in [0.15, 0.2) is 97.1 Å². The van der Waals surface area contributed by atoms with Crippen molar-refractivity contribution in [3.8, 4) is 0 Å². The molecule has 2 aliphatic heterocycles. The van der Waals surface area contributed by atoms with Crippen molar-refractivity contribution < 1.29 is 80.7 Å². The van der Waals surface area contributed by atoms with Crippen LogP contribution in [0, 0.1) is 0 Å². The van der Waals surface area contributed by atoms with Crippen molar-refractivity contribution in [1.29, 1.82) is 0 Å². The first-order valence-corrected chi connectivity index (χ1v) is 16.2. The van der Waals surface area contributed by atoms with Crippen LogP contribution in [0.25, 0.3) is 0 Å². The summed E-state index contributed by atoms with van der Waals surface area (Å²) in [6, 6.07) is 10.7. The van der Waals surface area contributed by atoms with E-state index >= 15 is 0 Å². The molecule has 0 saturated carbocycles. The van der Waals surface area contributed by atoms with E-state index in [9.17, 15) is 62.1 Å². The van der Waals surface area contributed by atoms with E-state index in [0.717, 1.165) is 48.5 Å².